The van der Waals surface area contributed by atoms with Gasteiger partial charge in [-0.25, -0.2) is 4.68 Å². The fourth-order valence-electron chi connectivity index (χ4n) is 2.48. The first-order chi connectivity index (χ1) is 12.0. The molecule has 2 aromatic carbocycles. The molecule has 4 nitrogen and oxygen atoms in total. The van der Waals surface area contributed by atoms with Crippen molar-refractivity contribution >= 4 is 34.8 Å². The maximum Gasteiger partial charge on any atom is 0.132 e. The lowest BCUT2D eigenvalue weighted by molar-refractivity contribution is 0.296. The Morgan fingerprint density at radius 1 is 1.04 bits per heavy atom. The molecule has 0 unspecified atom stereocenters. The number of para-hydroxylation sites is 1. The van der Waals surface area contributed by atoms with Gasteiger partial charge in [-0.15, -0.1) is 5.10 Å². The van der Waals surface area contributed by atoms with Crippen molar-refractivity contribution in [2.75, 3.05) is 0 Å². The van der Waals surface area contributed by atoms with Crippen LogP contribution in [0.25, 0.3) is 5.69 Å². The maximum absolute atomic E-state index is 6.33. The molecular weight excluding hydrogens is 381 g/mol. The van der Waals surface area contributed by atoms with E-state index in [-0.39, 0.29) is 12.5 Å². The number of halogens is 3. The Morgan fingerprint density at radius 3 is 2.36 bits per heavy atom. The Balaban J connectivity index is 2.01. The van der Waals surface area contributed by atoms with Crippen molar-refractivity contribution in [1.82, 2.24) is 15.0 Å². The lowest BCUT2D eigenvalue weighted by Gasteiger charge is -2.13. The molecule has 0 aliphatic rings. The zero-order chi connectivity index (χ0) is 18.0. The van der Waals surface area contributed by atoms with Gasteiger partial charge in [-0.2, -0.15) is 0 Å². The lowest BCUT2D eigenvalue weighted by Crippen LogP contribution is -2.09. The minimum atomic E-state index is 0.174. The molecule has 130 valence electrons. The van der Waals surface area contributed by atoms with Crippen LogP contribution in [0, 0.1) is 0 Å². The van der Waals surface area contributed by atoms with Crippen molar-refractivity contribution in [2.45, 2.75) is 26.4 Å². The van der Waals surface area contributed by atoms with Crippen LogP contribution in [0.4, 0.5) is 0 Å². The van der Waals surface area contributed by atoms with E-state index in [1.54, 1.807) is 35.0 Å². The molecule has 1 aromatic heterocycles. The monoisotopic (exact) mass is 395 g/mol. The van der Waals surface area contributed by atoms with Gasteiger partial charge in [-0.1, -0.05) is 66.0 Å². The Bertz CT molecular complexity index is 873. The average Bonchev–Trinajstić information content (AvgIpc) is 2.97. The first-order valence-electron chi connectivity index (χ1n) is 7.74. The minimum Gasteiger partial charge on any atom is -0.487 e. The SMILES string of the molecule is CC(C)c1nnn(-c2c(Cl)cccc2Cl)c1COc1cccc(Cl)c1. The molecule has 0 amide bonds. The Morgan fingerprint density at radius 2 is 1.72 bits per heavy atom. The van der Waals surface area contributed by atoms with Crippen LogP contribution in [-0.4, -0.2) is 15.0 Å². The van der Waals surface area contributed by atoms with Gasteiger partial charge >= 0.3 is 0 Å². The van der Waals surface area contributed by atoms with Crippen molar-refractivity contribution < 1.29 is 4.74 Å². The fraction of sp³-hybridized carbons (Fsp3) is 0.222. The highest BCUT2D eigenvalue weighted by atomic mass is 35.5. The summed E-state index contributed by atoms with van der Waals surface area (Å²) in [5.74, 6) is 0.841. The summed E-state index contributed by atoms with van der Waals surface area (Å²) in [4.78, 5) is 0. The minimum absolute atomic E-state index is 0.174. The lowest BCUT2D eigenvalue weighted by atomic mass is 10.1. The summed E-state index contributed by atoms with van der Waals surface area (Å²) in [6.45, 7) is 4.36. The van der Waals surface area contributed by atoms with E-state index in [9.17, 15) is 0 Å². The quantitative estimate of drug-likeness (QED) is 0.536. The maximum atomic E-state index is 6.33. The van der Waals surface area contributed by atoms with Gasteiger partial charge in [-0.05, 0) is 36.2 Å². The third-order valence-corrected chi connectivity index (χ3v) is 4.51. The van der Waals surface area contributed by atoms with Gasteiger partial charge in [0, 0.05) is 5.02 Å². The van der Waals surface area contributed by atoms with Crippen molar-refractivity contribution in [2.24, 2.45) is 0 Å². The van der Waals surface area contributed by atoms with Crippen LogP contribution in [0.2, 0.25) is 15.1 Å². The largest absolute Gasteiger partial charge is 0.487 e. The van der Waals surface area contributed by atoms with E-state index in [0.29, 0.717) is 26.5 Å². The van der Waals surface area contributed by atoms with Gasteiger partial charge in [0.05, 0.1) is 15.7 Å². The molecule has 0 aliphatic carbocycles. The van der Waals surface area contributed by atoms with E-state index >= 15 is 0 Å². The number of nitrogens with zero attached hydrogens (tertiary/aromatic N) is 3. The van der Waals surface area contributed by atoms with Crippen LogP contribution in [0.3, 0.4) is 0 Å². The van der Waals surface area contributed by atoms with Gasteiger partial charge in [0.2, 0.25) is 0 Å². The number of aromatic nitrogens is 3. The van der Waals surface area contributed by atoms with E-state index in [2.05, 4.69) is 10.3 Å². The molecule has 1 heterocycles. The highest BCUT2D eigenvalue weighted by Crippen LogP contribution is 2.31. The molecule has 3 aromatic rings. The first kappa shape index (κ1) is 18.1. The van der Waals surface area contributed by atoms with Crippen molar-refractivity contribution in [1.29, 1.82) is 0 Å². The number of hydrogen-bond acceptors (Lipinski definition) is 3. The van der Waals surface area contributed by atoms with Crippen LogP contribution in [-0.2, 0) is 6.61 Å². The first-order valence-corrected chi connectivity index (χ1v) is 8.88. The molecule has 0 aliphatic heterocycles. The second-order valence-corrected chi connectivity index (χ2v) is 7.06. The summed E-state index contributed by atoms with van der Waals surface area (Å²) in [6.07, 6.45) is 0. The fourth-order valence-corrected chi connectivity index (χ4v) is 3.21. The predicted molar refractivity (Wildman–Crippen MR) is 101 cm³/mol. The van der Waals surface area contributed by atoms with E-state index in [0.717, 1.165) is 11.4 Å². The van der Waals surface area contributed by atoms with Gasteiger partial charge in [-0.3, -0.25) is 0 Å². The second-order valence-electron chi connectivity index (χ2n) is 5.80. The van der Waals surface area contributed by atoms with E-state index in [1.807, 2.05) is 26.0 Å². The standard InChI is InChI=1S/C18H16Cl3N3O/c1-11(2)17-16(10-25-13-6-3-5-12(19)9-13)24(23-22-17)18-14(20)7-4-8-15(18)21/h3-9,11H,10H2,1-2H3. The highest BCUT2D eigenvalue weighted by Gasteiger charge is 2.20. The Labute approximate surface area is 161 Å². The van der Waals surface area contributed by atoms with Gasteiger partial charge in [0.15, 0.2) is 0 Å². The number of rotatable bonds is 5. The van der Waals surface area contributed by atoms with Gasteiger partial charge < -0.3 is 4.74 Å². The van der Waals surface area contributed by atoms with Crippen molar-refractivity contribution in [3.05, 3.63) is 68.9 Å². The Kier molecular flexibility index (Phi) is 5.52. The molecule has 0 saturated carbocycles. The second kappa shape index (κ2) is 7.65. The number of hydrogen-bond donors (Lipinski definition) is 0. The predicted octanol–water partition coefficient (Wildman–Crippen LogP) is 5.93. The summed E-state index contributed by atoms with van der Waals surface area (Å²) in [6, 6.07) is 12.5. The highest BCUT2D eigenvalue weighted by molar-refractivity contribution is 6.37. The topological polar surface area (TPSA) is 39.9 Å². The third-order valence-electron chi connectivity index (χ3n) is 3.66. The summed E-state index contributed by atoms with van der Waals surface area (Å²) in [7, 11) is 0. The number of benzene rings is 2. The average molecular weight is 397 g/mol. The molecule has 0 atom stereocenters. The Hall–Kier alpha value is -1.75. The molecule has 7 heteroatoms. The molecule has 0 bridgehead atoms. The zero-order valence-electron chi connectivity index (χ0n) is 13.7. The molecule has 0 spiro atoms. The van der Waals surface area contributed by atoms with Gasteiger partial charge in [0.25, 0.3) is 0 Å². The molecular formula is C18H16Cl3N3O. The molecule has 25 heavy (non-hydrogen) atoms. The summed E-state index contributed by atoms with van der Waals surface area (Å²) in [5, 5.41) is 10.2. The van der Waals surface area contributed by atoms with Crippen molar-refractivity contribution in [3.63, 3.8) is 0 Å². The van der Waals surface area contributed by atoms with Crippen LogP contribution >= 0.6 is 34.8 Å². The third kappa shape index (κ3) is 3.92. The normalized spacial score (nSPS) is 11.1. The molecule has 0 N–H and O–H groups in total. The molecule has 0 saturated heterocycles. The summed E-state index contributed by atoms with van der Waals surface area (Å²) < 4.78 is 7.54. The summed E-state index contributed by atoms with van der Waals surface area (Å²) in [5.41, 5.74) is 2.22. The number of ether oxygens (including phenoxy) is 1. The van der Waals surface area contributed by atoms with Crippen LogP contribution in [0.5, 0.6) is 5.75 Å². The molecule has 0 radical (unpaired) electrons. The zero-order valence-corrected chi connectivity index (χ0v) is 16.0. The van der Waals surface area contributed by atoms with Crippen molar-refractivity contribution in [3.8, 4) is 11.4 Å². The van der Waals surface area contributed by atoms with E-state index in [4.69, 9.17) is 39.5 Å². The van der Waals surface area contributed by atoms with Gasteiger partial charge in [0.1, 0.15) is 23.7 Å². The molecule has 0 fully saturated rings. The van der Waals surface area contributed by atoms with E-state index in [1.165, 1.54) is 0 Å². The van der Waals surface area contributed by atoms with Crippen LogP contribution < -0.4 is 4.74 Å². The molecule has 3 rings (SSSR count). The van der Waals surface area contributed by atoms with E-state index < -0.39 is 0 Å². The smallest absolute Gasteiger partial charge is 0.132 e. The summed E-state index contributed by atoms with van der Waals surface area (Å²) >= 11 is 18.7. The van der Waals surface area contributed by atoms with Crippen LogP contribution in [0.1, 0.15) is 31.2 Å². The van der Waals surface area contributed by atoms with Crippen LogP contribution in [0.15, 0.2) is 42.5 Å².